The largest absolute Gasteiger partial charge is 0.409 e. The van der Waals surface area contributed by atoms with Crippen molar-refractivity contribution < 1.29 is 13.6 Å². The Balaban J connectivity index is 2.28. The van der Waals surface area contributed by atoms with Gasteiger partial charge in [0, 0.05) is 16.1 Å². The van der Waals surface area contributed by atoms with Gasteiger partial charge in [0.05, 0.1) is 0 Å². The lowest BCUT2D eigenvalue weighted by molar-refractivity contribution is 0.318. The molecule has 6 nitrogen and oxygen atoms in total. The molecule has 0 saturated carbocycles. The second-order valence-electron chi connectivity index (χ2n) is 4.25. The molecule has 0 aliphatic carbocycles. The fourth-order valence-corrected chi connectivity index (χ4v) is 4.04. The molecule has 0 atom stereocenters. The summed E-state index contributed by atoms with van der Waals surface area (Å²) in [5.74, 6) is -0.0829. The lowest BCUT2D eigenvalue weighted by atomic mass is 10.2. The number of sulfonamides is 1. The molecule has 4 N–H and O–H groups in total. The van der Waals surface area contributed by atoms with Gasteiger partial charge in [0.25, 0.3) is 10.0 Å². The minimum absolute atomic E-state index is 0.0829. The van der Waals surface area contributed by atoms with Crippen LogP contribution < -0.4 is 10.5 Å². The molecule has 0 unspecified atom stereocenters. The van der Waals surface area contributed by atoms with Gasteiger partial charge in [0.15, 0.2) is 5.84 Å². The molecule has 8 heteroatoms. The number of anilines is 1. The molecule has 1 aromatic carbocycles. The number of nitrogens with zero attached hydrogens (tertiary/aromatic N) is 1. The van der Waals surface area contributed by atoms with Crippen LogP contribution >= 0.6 is 11.3 Å². The van der Waals surface area contributed by atoms with Crippen molar-refractivity contribution in [3.63, 3.8) is 0 Å². The lowest BCUT2D eigenvalue weighted by Gasteiger charge is -2.07. The van der Waals surface area contributed by atoms with Gasteiger partial charge in [-0.15, -0.1) is 11.3 Å². The van der Waals surface area contributed by atoms with E-state index >= 15 is 0 Å². The third kappa shape index (κ3) is 3.53. The standard InChI is InChI=1S/C13H15N3O3S2/c1-2-11-6-7-12(20-11)21(18,19)16-10-5-3-4-9(8-10)13(14)15-17/h3-8,16-17H,2H2,1H3,(H2,14,15). The molecule has 0 amide bonds. The monoisotopic (exact) mass is 325 g/mol. The summed E-state index contributed by atoms with van der Waals surface area (Å²) in [4.78, 5) is 1.00. The molecule has 2 rings (SSSR count). The first-order valence-corrected chi connectivity index (χ1v) is 8.45. The lowest BCUT2D eigenvalue weighted by Crippen LogP contribution is -2.15. The van der Waals surface area contributed by atoms with Gasteiger partial charge in [-0.05, 0) is 30.7 Å². The number of hydrogen-bond acceptors (Lipinski definition) is 5. The predicted octanol–water partition coefficient (Wildman–Crippen LogP) is 2.21. The normalized spacial score (nSPS) is 12.3. The van der Waals surface area contributed by atoms with Crippen LogP contribution in [0, 0.1) is 0 Å². The first kappa shape index (κ1) is 15.3. The molecule has 0 bridgehead atoms. The summed E-state index contributed by atoms with van der Waals surface area (Å²) in [5, 5.41) is 11.5. The van der Waals surface area contributed by atoms with Crippen LogP contribution in [0.15, 0.2) is 45.8 Å². The van der Waals surface area contributed by atoms with Gasteiger partial charge in [-0.3, -0.25) is 4.72 Å². The molecule has 0 fully saturated rings. The van der Waals surface area contributed by atoms with Crippen LogP contribution in [-0.4, -0.2) is 19.5 Å². The molecule has 0 aliphatic rings. The number of rotatable bonds is 5. The number of thiophene rings is 1. The maximum absolute atomic E-state index is 12.3. The van der Waals surface area contributed by atoms with E-state index in [1.54, 1.807) is 30.3 Å². The molecule has 0 saturated heterocycles. The fourth-order valence-electron chi connectivity index (χ4n) is 1.70. The zero-order chi connectivity index (χ0) is 15.5. The Hall–Kier alpha value is -2.06. The molecule has 2 aromatic rings. The highest BCUT2D eigenvalue weighted by atomic mass is 32.2. The first-order valence-electron chi connectivity index (χ1n) is 6.15. The number of nitrogens with two attached hydrogens (primary N) is 1. The van der Waals surface area contributed by atoms with E-state index in [0.29, 0.717) is 11.3 Å². The van der Waals surface area contributed by atoms with Crippen LogP contribution in [0.3, 0.4) is 0 Å². The van der Waals surface area contributed by atoms with Gasteiger partial charge in [0.1, 0.15) is 4.21 Å². The maximum atomic E-state index is 12.3. The molecule has 21 heavy (non-hydrogen) atoms. The van der Waals surface area contributed by atoms with Gasteiger partial charge >= 0.3 is 0 Å². The first-order chi connectivity index (χ1) is 9.96. The highest BCUT2D eigenvalue weighted by Crippen LogP contribution is 2.24. The van der Waals surface area contributed by atoms with E-state index in [0.717, 1.165) is 11.3 Å². The molecule has 112 valence electrons. The highest BCUT2D eigenvalue weighted by Gasteiger charge is 2.17. The second-order valence-corrected chi connectivity index (χ2v) is 7.32. The summed E-state index contributed by atoms with van der Waals surface area (Å²) in [6.07, 6.45) is 0.791. The minimum atomic E-state index is -3.63. The van der Waals surface area contributed by atoms with E-state index in [9.17, 15) is 8.42 Å². The number of aryl methyl sites for hydroxylation is 1. The summed E-state index contributed by atoms with van der Waals surface area (Å²) in [5.41, 5.74) is 6.27. The molecular formula is C13H15N3O3S2. The number of hydrogen-bond donors (Lipinski definition) is 3. The van der Waals surface area contributed by atoms with E-state index in [4.69, 9.17) is 10.9 Å². The van der Waals surface area contributed by atoms with Gasteiger partial charge in [-0.25, -0.2) is 8.42 Å². The smallest absolute Gasteiger partial charge is 0.271 e. The van der Waals surface area contributed by atoms with Gasteiger partial charge in [-0.2, -0.15) is 0 Å². The van der Waals surface area contributed by atoms with E-state index in [2.05, 4.69) is 9.88 Å². The quantitative estimate of drug-likeness (QED) is 0.339. The Morgan fingerprint density at radius 3 is 2.76 bits per heavy atom. The second kappa shape index (κ2) is 6.15. The summed E-state index contributed by atoms with van der Waals surface area (Å²) in [6, 6.07) is 9.72. The molecule has 1 heterocycles. The molecule has 0 radical (unpaired) electrons. The average Bonchev–Trinajstić information content (AvgIpc) is 2.96. The Kier molecular flexibility index (Phi) is 4.49. The minimum Gasteiger partial charge on any atom is -0.409 e. The number of nitrogens with one attached hydrogen (secondary N) is 1. The van der Waals surface area contributed by atoms with E-state index < -0.39 is 10.0 Å². The van der Waals surface area contributed by atoms with Gasteiger partial charge in [0.2, 0.25) is 0 Å². The molecule has 1 aromatic heterocycles. The van der Waals surface area contributed by atoms with E-state index in [1.807, 2.05) is 6.92 Å². The average molecular weight is 325 g/mol. The van der Waals surface area contributed by atoms with Crippen molar-refractivity contribution in [3.8, 4) is 0 Å². The topological polar surface area (TPSA) is 105 Å². The molecule has 0 aliphatic heterocycles. The van der Waals surface area contributed by atoms with Gasteiger partial charge < -0.3 is 10.9 Å². The highest BCUT2D eigenvalue weighted by molar-refractivity contribution is 7.94. The van der Waals surface area contributed by atoms with Crippen molar-refractivity contribution in [2.75, 3.05) is 4.72 Å². The van der Waals surface area contributed by atoms with Crippen molar-refractivity contribution in [1.29, 1.82) is 0 Å². The van der Waals surface area contributed by atoms with Crippen LogP contribution in [0.1, 0.15) is 17.4 Å². The summed E-state index contributed by atoms with van der Waals surface area (Å²) in [6.45, 7) is 1.97. The van der Waals surface area contributed by atoms with E-state index in [1.165, 1.54) is 17.4 Å². The van der Waals surface area contributed by atoms with Crippen LogP contribution in [0.4, 0.5) is 5.69 Å². The third-order valence-corrected chi connectivity index (χ3v) is 5.87. The zero-order valence-electron chi connectivity index (χ0n) is 11.3. The van der Waals surface area contributed by atoms with Crippen molar-refractivity contribution in [3.05, 3.63) is 46.8 Å². The van der Waals surface area contributed by atoms with Crippen LogP contribution in [-0.2, 0) is 16.4 Å². The summed E-state index contributed by atoms with van der Waals surface area (Å²) < 4.78 is 27.3. The Morgan fingerprint density at radius 1 is 1.38 bits per heavy atom. The zero-order valence-corrected chi connectivity index (χ0v) is 12.9. The van der Waals surface area contributed by atoms with Crippen molar-refractivity contribution in [2.45, 2.75) is 17.6 Å². The van der Waals surface area contributed by atoms with Crippen LogP contribution in [0.25, 0.3) is 0 Å². The van der Waals surface area contributed by atoms with Crippen molar-refractivity contribution in [2.24, 2.45) is 10.9 Å². The van der Waals surface area contributed by atoms with Crippen molar-refractivity contribution >= 4 is 32.9 Å². The Bertz CT molecular complexity index is 766. The number of amidine groups is 1. The van der Waals surface area contributed by atoms with Crippen LogP contribution in [0.5, 0.6) is 0 Å². The van der Waals surface area contributed by atoms with Crippen LogP contribution in [0.2, 0.25) is 0 Å². The molecule has 0 spiro atoms. The molecular weight excluding hydrogens is 310 g/mol. The van der Waals surface area contributed by atoms with Gasteiger partial charge in [-0.1, -0.05) is 24.2 Å². The fraction of sp³-hybridized carbons (Fsp3) is 0.154. The third-order valence-electron chi connectivity index (χ3n) is 2.77. The SMILES string of the molecule is CCc1ccc(S(=O)(=O)Nc2cccc(C(N)=NO)c2)s1. The predicted molar refractivity (Wildman–Crippen MR) is 83.5 cm³/mol. The number of oxime groups is 1. The van der Waals surface area contributed by atoms with Crippen molar-refractivity contribution in [1.82, 2.24) is 0 Å². The summed E-state index contributed by atoms with van der Waals surface area (Å²) in [7, 11) is -3.63. The van der Waals surface area contributed by atoms with E-state index in [-0.39, 0.29) is 10.0 Å². The number of benzene rings is 1. The Labute approximate surface area is 127 Å². The summed E-state index contributed by atoms with van der Waals surface area (Å²) >= 11 is 1.24. The Morgan fingerprint density at radius 2 is 2.14 bits per heavy atom. The maximum Gasteiger partial charge on any atom is 0.271 e.